The predicted molar refractivity (Wildman–Crippen MR) is 62.4 cm³/mol. The van der Waals surface area contributed by atoms with Gasteiger partial charge in [-0.2, -0.15) is 0 Å². The van der Waals surface area contributed by atoms with Crippen LogP contribution in [0.1, 0.15) is 5.56 Å². The third-order valence-electron chi connectivity index (χ3n) is 2.30. The van der Waals surface area contributed by atoms with Crippen molar-refractivity contribution in [3.63, 3.8) is 0 Å². The summed E-state index contributed by atoms with van der Waals surface area (Å²) >= 11 is 2.32. The first kappa shape index (κ1) is 9.43. The van der Waals surface area contributed by atoms with Gasteiger partial charge in [-0.15, -0.1) is 0 Å². The van der Waals surface area contributed by atoms with Crippen LogP contribution in [0.15, 0.2) is 24.3 Å². The van der Waals surface area contributed by atoms with Crippen LogP contribution >= 0.6 is 22.6 Å². The largest absolute Gasteiger partial charge is 0.325 e. The summed E-state index contributed by atoms with van der Waals surface area (Å²) in [5.41, 5.74) is 7.09. The fraction of sp³-hybridized carbons (Fsp3) is 0.400. The molecule has 70 valence electrons. The Hall–Kier alpha value is -0.130. The maximum atomic E-state index is 5.70. The molecule has 0 bridgehead atoms. The van der Waals surface area contributed by atoms with Gasteiger partial charge in [0, 0.05) is 29.2 Å². The minimum absolute atomic E-state index is 0.406. The maximum Gasteiger partial charge on any atom is 0.0297 e. The van der Waals surface area contributed by atoms with Gasteiger partial charge in [-0.25, -0.2) is 0 Å². The van der Waals surface area contributed by atoms with E-state index in [4.69, 9.17) is 5.73 Å². The molecule has 3 heteroatoms. The molecule has 0 spiro atoms. The molecule has 0 saturated carbocycles. The fourth-order valence-electron chi connectivity index (χ4n) is 1.59. The Morgan fingerprint density at radius 1 is 1.31 bits per heavy atom. The highest BCUT2D eigenvalue weighted by Crippen LogP contribution is 2.13. The first-order chi connectivity index (χ1) is 6.24. The number of benzene rings is 1. The summed E-state index contributed by atoms with van der Waals surface area (Å²) in [6.45, 7) is 3.14. The summed E-state index contributed by atoms with van der Waals surface area (Å²) < 4.78 is 1.29. The lowest BCUT2D eigenvalue weighted by Gasteiger charge is -2.36. The fourth-order valence-corrected chi connectivity index (χ4v) is 1.95. The summed E-state index contributed by atoms with van der Waals surface area (Å²) in [5.74, 6) is 0. The van der Waals surface area contributed by atoms with Gasteiger partial charge in [0.2, 0.25) is 0 Å². The average Bonchev–Trinajstić information content (AvgIpc) is 2.06. The molecule has 0 amide bonds. The Morgan fingerprint density at radius 2 is 1.92 bits per heavy atom. The third kappa shape index (κ3) is 2.42. The van der Waals surface area contributed by atoms with Crippen molar-refractivity contribution in [1.29, 1.82) is 0 Å². The zero-order valence-corrected chi connectivity index (χ0v) is 9.57. The van der Waals surface area contributed by atoms with Gasteiger partial charge < -0.3 is 5.73 Å². The summed E-state index contributed by atoms with van der Waals surface area (Å²) in [7, 11) is 0. The van der Waals surface area contributed by atoms with Crippen molar-refractivity contribution in [2.75, 3.05) is 13.1 Å². The standard InChI is InChI=1S/C10H13IN2/c11-9-3-1-8(2-4-9)5-13-6-10(12)7-13/h1-4,10H,5-7,12H2. The van der Waals surface area contributed by atoms with Gasteiger partial charge in [0.15, 0.2) is 0 Å². The van der Waals surface area contributed by atoms with Crippen molar-refractivity contribution in [1.82, 2.24) is 4.90 Å². The van der Waals surface area contributed by atoms with Crippen LogP contribution < -0.4 is 5.73 Å². The summed E-state index contributed by atoms with van der Waals surface area (Å²) in [5, 5.41) is 0. The molecule has 0 unspecified atom stereocenters. The highest BCUT2D eigenvalue weighted by molar-refractivity contribution is 14.1. The number of likely N-dealkylation sites (tertiary alicyclic amines) is 1. The molecule has 1 saturated heterocycles. The molecule has 1 aliphatic rings. The number of nitrogens with zero attached hydrogens (tertiary/aromatic N) is 1. The summed E-state index contributed by atoms with van der Waals surface area (Å²) in [4.78, 5) is 2.37. The van der Waals surface area contributed by atoms with Crippen LogP contribution in [-0.2, 0) is 6.54 Å². The van der Waals surface area contributed by atoms with E-state index < -0.39 is 0 Å². The lowest BCUT2D eigenvalue weighted by molar-refractivity contribution is 0.142. The zero-order valence-electron chi connectivity index (χ0n) is 7.41. The van der Waals surface area contributed by atoms with Crippen molar-refractivity contribution < 1.29 is 0 Å². The predicted octanol–water partition coefficient (Wildman–Crippen LogP) is 1.43. The Kier molecular flexibility index (Phi) is 2.86. The van der Waals surface area contributed by atoms with Crippen LogP contribution in [-0.4, -0.2) is 24.0 Å². The highest BCUT2D eigenvalue weighted by Gasteiger charge is 2.22. The van der Waals surface area contributed by atoms with Crippen molar-refractivity contribution in [3.05, 3.63) is 33.4 Å². The SMILES string of the molecule is NC1CN(Cc2ccc(I)cc2)C1. The van der Waals surface area contributed by atoms with Gasteiger partial charge >= 0.3 is 0 Å². The van der Waals surface area contributed by atoms with Gasteiger partial charge in [-0.1, -0.05) is 12.1 Å². The second-order valence-corrected chi connectivity index (χ2v) is 4.83. The number of halogens is 1. The normalized spacial score (nSPS) is 18.6. The summed E-state index contributed by atoms with van der Waals surface area (Å²) in [6.07, 6.45) is 0. The van der Waals surface area contributed by atoms with Gasteiger partial charge in [0.05, 0.1) is 0 Å². The monoisotopic (exact) mass is 288 g/mol. The smallest absolute Gasteiger partial charge is 0.0297 e. The number of nitrogens with two attached hydrogens (primary N) is 1. The molecule has 1 fully saturated rings. The van der Waals surface area contributed by atoms with Crippen molar-refractivity contribution in [2.24, 2.45) is 5.73 Å². The molecular formula is C10H13IN2. The molecule has 13 heavy (non-hydrogen) atoms. The van der Waals surface area contributed by atoms with Crippen LogP contribution in [0.25, 0.3) is 0 Å². The maximum absolute atomic E-state index is 5.70. The number of hydrogen-bond acceptors (Lipinski definition) is 2. The quantitative estimate of drug-likeness (QED) is 0.834. The minimum Gasteiger partial charge on any atom is -0.325 e. The van der Waals surface area contributed by atoms with E-state index in [1.54, 1.807) is 0 Å². The van der Waals surface area contributed by atoms with E-state index in [0.717, 1.165) is 19.6 Å². The third-order valence-corrected chi connectivity index (χ3v) is 3.02. The molecule has 1 heterocycles. The number of hydrogen-bond donors (Lipinski definition) is 1. The topological polar surface area (TPSA) is 29.3 Å². The van der Waals surface area contributed by atoms with E-state index >= 15 is 0 Å². The van der Waals surface area contributed by atoms with Crippen LogP contribution in [0, 0.1) is 3.57 Å². The van der Waals surface area contributed by atoms with Crippen LogP contribution in [0.5, 0.6) is 0 Å². The Morgan fingerprint density at radius 3 is 2.46 bits per heavy atom. The van der Waals surface area contributed by atoms with E-state index in [-0.39, 0.29) is 0 Å². The van der Waals surface area contributed by atoms with Crippen molar-refractivity contribution in [3.8, 4) is 0 Å². The number of rotatable bonds is 2. The Bertz CT molecular complexity index is 277. The molecule has 1 aliphatic heterocycles. The van der Waals surface area contributed by atoms with Crippen LogP contribution in [0.4, 0.5) is 0 Å². The van der Waals surface area contributed by atoms with E-state index in [1.165, 1.54) is 9.13 Å². The van der Waals surface area contributed by atoms with Gasteiger partial charge in [-0.05, 0) is 40.3 Å². The zero-order chi connectivity index (χ0) is 9.26. The molecular weight excluding hydrogens is 275 g/mol. The average molecular weight is 288 g/mol. The van der Waals surface area contributed by atoms with Crippen molar-refractivity contribution in [2.45, 2.75) is 12.6 Å². The molecule has 2 rings (SSSR count). The molecule has 1 aromatic carbocycles. The second-order valence-electron chi connectivity index (χ2n) is 3.58. The molecule has 2 N–H and O–H groups in total. The molecule has 2 nitrogen and oxygen atoms in total. The van der Waals surface area contributed by atoms with E-state index in [1.807, 2.05) is 0 Å². The lowest BCUT2D eigenvalue weighted by atomic mass is 10.1. The summed E-state index contributed by atoms with van der Waals surface area (Å²) in [6, 6.07) is 9.08. The second kappa shape index (κ2) is 3.94. The Balaban J connectivity index is 1.91. The van der Waals surface area contributed by atoms with Crippen LogP contribution in [0.2, 0.25) is 0 Å². The van der Waals surface area contributed by atoms with Gasteiger partial charge in [0.1, 0.15) is 0 Å². The molecule has 0 radical (unpaired) electrons. The first-order valence-corrected chi connectivity index (χ1v) is 5.54. The molecule has 0 aromatic heterocycles. The van der Waals surface area contributed by atoms with E-state index in [2.05, 4.69) is 51.8 Å². The minimum atomic E-state index is 0.406. The molecule has 0 aliphatic carbocycles. The van der Waals surface area contributed by atoms with E-state index in [0.29, 0.717) is 6.04 Å². The lowest BCUT2D eigenvalue weighted by Crippen LogP contribution is -2.54. The van der Waals surface area contributed by atoms with Crippen molar-refractivity contribution >= 4 is 22.6 Å². The molecule has 1 aromatic rings. The van der Waals surface area contributed by atoms with Crippen LogP contribution in [0.3, 0.4) is 0 Å². The first-order valence-electron chi connectivity index (χ1n) is 4.46. The van der Waals surface area contributed by atoms with Gasteiger partial charge in [0.25, 0.3) is 0 Å². The van der Waals surface area contributed by atoms with E-state index in [9.17, 15) is 0 Å². The highest BCUT2D eigenvalue weighted by atomic mass is 127. The molecule has 0 atom stereocenters. The van der Waals surface area contributed by atoms with Gasteiger partial charge in [-0.3, -0.25) is 4.90 Å². The Labute approximate surface area is 92.2 Å².